The highest BCUT2D eigenvalue weighted by molar-refractivity contribution is 9.11. The van der Waals surface area contributed by atoms with Gasteiger partial charge in [0.25, 0.3) is 0 Å². The molecule has 0 bridgehead atoms. The van der Waals surface area contributed by atoms with E-state index in [0.717, 1.165) is 27.7 Å². The maximum atomic E-state index is 4.44. The van der Waals surface area contributed by atoms with Crippen molar-refractivity contribution in [2.24, 2.45) is 0 Å². The first kappa shape index (κ1) is 14.5. The first-order valence-electron chi connectivity index (χ1n) is 6.20. The standard InChI is InChI=1S/C15H16Br2N2/c1-3-11-4-6-12(7-5-11)10-19(2)15-14(17)8-13(16)9-18-15/h4-9H,3,10H2,1-2H3. The van der Waals surface area contributed by atoms with Crippen LogP contribution in [0.15, 0.2) is 45.5 Å². The minimum Gasteiger partial charge on any atom is -0.354 e. The molecule has 0 unspecified atom stereocenters. The van der Waals surface area contributed by atoms with E-state index in [9.17, 15) is 0 Å². The Balaban J connectivity index is 2.13. The summed E-state index contributed by atoms with van der Waals surface area (Å²) in [5.41, 5.74) is 2.66. The Labute approximate surface area is 131 Å². The number of halogens is 2. The lowest BCUT2D eigenvalue weighted by Crippen LogP contribution is -2.18. The van der Waals surface area contributed by atoms with Crippen molar-refractivity contribution in [1.82, 2.24) is 4.98 Å². The molecule has 0 aliphatic heterocycles. The van der Waals surface area contributed by atoms with Crippen molar-refractivity contribution in [2.75, 3.05) is 11.9 Å². The van der Waals surface area contributed by atoms with Crippen molar-refractivity contribution < 1.29 is 0 Å². The van der Waals surface area contributed by atoms with Gasteiger partial charge in [-0.3, -0.25) is 0 Å². The van der Waals surface area contributed by atoms with Crippen LogP contribution in [0, 0.1) is 0 Å². The van der Waals surface area contributed by atoms with E-state index in [-0.39, 0.29) is 0 Å². The van der Waals surface area contributed by atoms with Crippen LogP contribution in [0.25, 0.3) is 0 Å². The van der Waals surface area contributed by atoms with E-state index < -0.39 is 0 Å². The third-order valence-corrected chi connectivity index (χ3v) is 4.02. The van der Waals surface area contributed by atoms with Gasteiger partial charge >= 0.3 is 0 Å². The fourth-order valence-electron chi connectivity index (χ4n) is 1.92. The van der Waals surface area contributed by atoms with E-state index in [1.54, 1.807) is 0 Å². The van der Waals surface area contributed by atoms with Crippen LogP contribution in [0.1, 0.15) is 18.1 Å². The van der Waals surface area contributed by atoms with Crippen molar-refractivity contribution in [3.8, 4) is 0 Å². The molecule has 19 heavy (non-hydrogen) atoms. The monoisotopic (exact) mass is 382 g/mol. The summed E-state index contributed by atoms with van der Waals surface area (Å²) in [6.07, 6.45) is 2.90. The normalized spacial score (nSPS) is 10.5. The minimum atomic E-state index is 0.844. The largest absolute Gasteiger partial charge is 0.354 e. The van der Waals surface area contributed by atoms with Crippen molar-refractivity contribution in [2.45, 2.75) is 19.9 Å². The first-order chi connectivity index (χ1) is 9.10. The zero-order chi connectivity index (χ0) is 13.8. The summed E-state index contributed by atoms with van der Waals surface area (Å²) in [6, 6.07) is 10.8. The summed E-state index contributed by atoms with van der Waals surface area (Å²) < 4.78 is 1.97. The Morgan fingerprint density at radius 1 is 1.11 bits per heavy atom. The van der Waals surface area contributed by atoms with Crippen LogP contribution in [-0.4, -0.2) is 12.0 Å². The van der Waals surface area contributed by atoms with Crippen molar-refractivity contribution >= 4 is 37.7 Å². The topological polar surface area (TPSA) is 16.1 Å². The molecule has 0 spiro atoms. The molecule has 0 saturated heterocycles. The lowest BCUT2D eigenvalue weighted by Gasteiger charge is -2.19. The molecule has 1 aromatic carbocycles. The quantitative estimate of drug-likeness (QED) is 0.753. The smallest absolute Gasteiger partial charge is 0.142 e. The molecule has 100 valence electrons. The number of pyridine rings is 1. The molecule has 0 fully saturated rings. The number of aryl methyl sites for hydroxylation is 1. The van der Waals surface area contributed by atoms with Gasteiger partial charge in [0.2, 0.25) is 0 Å². The number of aromatic nitrogens is 1. The Bertz CT molecular complexity index is 553. The molecule has 0 saturated carbocycles. The van der Waals surface area contributed by atoms with E-state index in [2.05, 4.69) is 80.0 Å². The molecule has 1 aromatic heterocycles. The molecule has 0 N–H and O–H groups in total. The van der Waals surface area contributed by atoms with Crippen LogP contribution >= 0.6 is 31.9 Å². The number of hydrogen-bond donors (Lipinski definition) is 0. The minimum absolute atomic E-state index is 0.844. The summed E-state index contributed by atoms with van der Waals surface area (Å²) in [7, 11) is 2.05. The van der Waals surface area contributed by atoms with Gasteiger partial charge in [0.1, 0.15) is 5.82 Å². The molecular formula is C15H16Br2N2. The van der Waals surface area contributed by atoms with Gasteiger partial charge in [-0.25, -0.2) is 4.98 Å². The second-order valence-electron chi connectivity index (χ2n) is 4.49. The molecule has 2 rings (SSSR count). The van der Waals surface area contributed by atoms with Gasteiger partial charge in [0.05, 0.1) is 4.47 Å². The highest BCUT2D eigenvalue weighted by Gasteiger charge is 2.08. The SMILES string of the molecule is CCc1ccc(CN(C)c2ncc(Br)cc2Br)cc1. The number of benzene rings is 1. The van der Waals surface area contributed by atoms with Gasteiger partial charge < -0.3 is 4.90 Å². The van der Waals surface area contributed by atoms with E-state index in [4.69, 9.17) is 0 Å². The molecule has 0 amide bonds. The molecule has 2 aromatic rings. The molecule has 0 radical (unpaired) electrons. The molecular weight excluding hydrogens is 368 g/mol. The third-order valence-electron chi connectivity index (χ3n) is 3.00. The molecule has 0 atom stereocenters. The van der Waals surface area contributed by atoms with Gasteiger partial charge in [-0.2, -0.15) is 0 Å². The van der Waals surface area contributed by atoms with Crippen molar-refractivity contribution in [3.63, 3.8) is 0 Å². The molecule has 2 nitrogen and oxygen atoms in total. The van der Waals surface area contributed by atoms with Gasteiger partial charge in [-0.05, 0) is 55.5 Å². The number of hydrogen-bond acceptors (Lipinski definition) is 2. The average Bonchev–Trinajstić information content (AvgIpc) is 2.39. The van der Waals surface area contributed by atoms with Crippen LogP contribution in [0.5, 0.6) is 0 Å². The first-order valence-corrected chi connectivity index (χ1v) is 7.78. The second-order valence-corrected chi connectivity index (χ2v) is 6.26. The lowest BCUT2D eigenvalue weighted by atomic mass is 10.1. The van der Waals surface area contributed by atoms with Crippen LogP contribution in [0.4, 0.5) is 5.82 Å². The Kier molecular flexibility index (Phi) is 4.99. The highest BCUT2D eigenvalue weighted by Crippen LogP contribution is 2.26. The van der Waals surface area contributed by atoms with Gasteiger partial charge in [-0.1, -0.05) is 31.2 Å². The number of nitrogens with zero attached hydrogens (tertiary/aromatic N) is 2. The maximum absolute atomic E-state index is 4.44. The third kappa shape index (κ3) is 3.80. The predicted octanol–water partition coefficient (Wildman–Crippen LogP) is 4.81. The predicted molar refractivity (Wildman–Crippen MR) is 87.6 cm³/mol. The molecule has 0 aliphatic rings. The fourth-order valence-corrected chi connectivity index (χ4v) is 3.21. The van der Waals surface area contributed by atoms with Crippen LogP contribution in [0.2, 0.25) is 0 Å². The zero-order valence-electron chi connectivity index (χ0n) is 11.0. The van der Waals surface area contributed by atoms with Crippen molar-refractivity contribution in [3.05, 3.63) is 56.6 Å². The van der Waals surface area contributed by atoms with Crippen LogP contribution < -0.4 is 4.90 Å². The Morgan fingerprint density at radius 2 is 1.74 bits per heavy atom. The molecule has 4 heteroatoms. The van der Waals surface area contributed by atoms with E-state index in [1.807, 2.05) is 12.3 Å². The van der Waals surface area contributed by atoms with E-state index in [0.29, 0.717) is 0 Å². The van der Waals surface area contributed by atoms with Gasteiger partial charge in [0, 0.05) is 24.3 Å². The number of anilines is 1. The molecule has 1 heterocycles. The number of rotatable bonds is 4. The lowest BCUT2D eigenvalue weighted by molar-refractivity contribution is 0.892. The highest BCUT2D eigenvalue weighted by atomic mass is 79.9. The Hall–Kier alpha value is -0.870. The second kappa shape index (κ2) is 6.53. The summed E-state index contributed by atoms with van der Waals surface area (Å²) in [5.74, 6) is 0.947. The summed E-state index contributed by atoms with van der Waals surface area (Å²) in [5, 5.41) is 0. The van der Waals surface area contributed by atoms with Gasteiger partial charge in [0.15, 0.2) is 0 Å². The van der Waals surface area contributed by atoms with E-state index in [1.165, 1.54) is 11.1 Å². The van der Waals surface area contributed by atoms with Crippen LogP contribution in [-0.2, 0) is 13.0 Å². The summed E-state index contributed by atoms with van der Waals surface area (Å²) in [6.45, 7) is 3.02. The summed E-state index contributed by atoms with van der Waals surface area (Å²) in [4.78, 5) is 6.58. The maximum Gasteiger partial charge on any atom is 0.142 e. The van der Waals surface area contributed by atoms with Crippen molar-refractivity contribution in [1.29, 1.82) is 0 Å². The molecule has 0 aliphatic carbocycles. The van der Waals surface area contributed by atoms with Crippen LogP contribution in [0.3, 0.4) is 0 Å². The van der Waals surface area contributed by atoms with Gasteiger partial charge in [-0.15, -0.1) is 0 Å². The average molecular weight is 384 g/mol. The van der Waals surface area contributed by atoms with E-state index >= 15 is 0 Å². The Morgan fingerprint density at radius 3 is 2.32 bits per heavy atom. The zero-order valence-corrected chi connectivity index (χ0v) is 14.2. The summed E-state index contributed by atoms with van der Waals surface area (Å²) >= 11 is 6.97. The fraction of sp³-hybridized carbons (Fsp3) is 0.267.